The Morgan fingerprint density at radius 1 is 1.32 bits per heavy atom. The van der Waals surface area contributed by atoms with Crippen LogP contribution in [0.15, 0.2) is 29.6 Å². The van der Waals surface area contributed by atoms with E-state index in [-0.39, 0.29) is 5.15 Å². The minimum Gasteiger partial charge on any atom is -0.324 e. The number of para-hydroxylation sites is 1. The van der Waals surface area contributed by atoms with Gasteiger partial charge in [-0.15, -0.1) is 0 Å². The molecule has 0 unspecified atom stereocenters. The van der Waals surface area contributed by atoms with E-state index < -0.39 is 32.4 Å². The lowest BCUT2D eigenvalue weighted by molar-refractivity contribution is 0.581. The second-order valence-electron chi connectivity index (χ2n) is 3.65. The summed E-state index contributed by atoms with van der Waals surface area (Å²) in [4.78, 5) is 3.58. The van der Waals surface area contributed by atoms with E-state index in [4.69, 9.17) is 11.6 Å². The zero-order chi connectivity index (χ0) is 14.2. The maximum atomic E-state index is 13.4. The summed E-state index contributed by atoms with van der Waals surface area (Å²) >= 11 is 5.73. The maximum absolute atomic E-state index is 13.4. The Morgan fingerprint density at radius 2 is 1.89 bits per heavy atom. The van der Waals surface area contributed by atoms with Crippen molar-refractivity contribution in [2.24, 2.45) is 7.05 Å². The minimum absolute atomic E-state index is 0.163. The van der Waals surface area contributed by atoms with Gasteiger partial charge >= 0.3 is 0 Å². The molecular weight excluding hydrogens is 300 g/mol. The number of aryl methyl sites for hydroxylation is 1. The fourth-order valence-electron chi connectivity index (χ4n) is 1.35. The van der Waals surface area contributed by atoms with Crippen molar-refractivity contribution < 1.29 is 17.2 Å². The Hall–Kier alpha value is -1.67. The molecule has 1 aromatic carbocycles. The van der Waals surface area contributed by atoms with Gasteiger partial charge in [0.25, 0.3) is 10.0 Å². The van der Waals surface area contributed by atoms with Crippen LogP contribution in [0.2, 0.25) is 5.15 Å². The van der Waals surface area contributed by atoms with Crippen LogP contribution in [0.3, 0.4) is 0 Å². The highest BCUT2D eigenvalue weighted by atomic mass is 35.5. The summed E-state index contributed by atoms with van der Waals surface area (Å²) in [6.45, 7) is 0. The van der Waals surface area contributed by atoms with Crippen molar-refractivity contribution in [3.63, 3.8) is 0 Å². The van der Waals surface area contributed by atoms with Crippen molar-refractivity contribution in [1.29, 1.82) is 0 Å². The largest absolute Gasteiger partial charge is 0.324 e. The lowest BCUT2D eigenvalue weighted by atomic mass is 10.3. The SMILES string of the molecule is Cn1cnc(S(=O)(=O)Nc2c(F)cccc2F)c1Cl. The third-order valence-electron chi connectivity index (χ3n) is 2.29. The van der Waals surface area contributed by atoms with E-state index in [1.54, 1.807) is 4.72 Å². The number of imidazole rings is 1. The van der Waals surface area contributed by atoms with Crippen LogP contribution in [0.5, 0.6) is 0 Å². The molecule has 2 rings (SSSR count). The number of nitrogens with zero attached hydrogens (tertiary/aromatic N) is 2. The summed E-state index contributed by atoms with van der Waals surface area (Å²) in [5, 5.41) is -0.663. The number of hydrogen-bond donors (Lipinski definition) is 1. The molecule has 1 N–H and O–H groups in total. The first-order chi connectivity index (χ1) is 8.83. The summed E-state index contributed by atoms with van der Waals surface area (Å²) < 4.78 is 53.7. The molecule has 1 aromatic heterocycles. The third kappa shape index (κ3) is 2.54. The van der Waals surface area contributed by atoms with Crippen LogP contribution < -0.4 is 4.72 Å². The van der Waals surface area contributed by atoms with Crippen LogP contribution in [0.25, 0.3) is 0 Å². The summed E-state index contributed by atoms with van der Waals surface area (Å²) in [7, 11) is -2.78. The van der Waals surface area contributed by atoms with Crippen molar-refractivity contribution in [2.75, 3.05) is 4.72 Å². The van der Waals surface area contributed by atoms with Gasteiger partial charge in [-0.05, 0) is 12.1 Å². The van der Waals surface area contributed by atoms with E-state index in [0.29, 0.717) is 0 Å². The Labute approximate surface area is 112 Å². The van der Waals surface area contributed by atoms with Crippen LogP contribution in [0.1, 0.15) is 0 Å². The van der Waals surface area contributed by atoms with E-state index >= 15 is 0 Å². The molecule has 5 nitrogen and oxygen atoms in total. The number of halogens is 3. The molecule has 9 heteroatoms. The maximum Gasteiger partial charge on any atom is 0.282 e. The fraction of sp³-hybridized carbons (Fsp3) is 0.100. The minimum atomic E-state index is -4.26. The molecule has 0 radical (unpaired) electrons. The first-order valence-electron chi connectivity index (χ1n) is 4.96. The molecule has 0 spiro atoms. The van der Waals surface area contributed by atoms with Gasteiger partial charge in [-0.2, -0.15) is 8.42 Å². The third-order valence-corrected chi connectivity index (χ3v) is 4.13. The highest BCUT2D eigenvalue weighted by molar-refractivity contribution is 7.92. The standard InChI is InChI=1S/C10H8ClF2N3O2S/c1-16-5-14-10(9(16)11)19(17,18)15-8-6(12)3-2-4-7(8)13/h2-5,15H,1H3. The molecule has 0 saturated heterocycles. The predicted molar refractivity (Wildman–Crippen MR) is 65.4 cm³/mol. The highest BCUT2D eigenvalue weighted by Gasteiger charge is 2.24. The van der Waals surface area contributed by atoms with E-state index in [1.165, 1.54) is 17.9 Å². The highest BCUT2D eigenvalue weighted by Crippen LogP contribution is 2.24. The Kier molecular flexibility index (Phi) is 3.46. The van der Waals surface area contributed by atoms with Gasteiger partial charge in [-0.3, -0.25) is 4.72 Å². The number of anilines is 1. The van der Waals surface area contributed by atoms with E-state index in [9.17, 15) is 17.2 Å². The second-order valence-corrected chi connectivity index (χ2v) is 5.61. The van der Waals surface area contributed by atoms with Crippen molar-refractivity contribution in [3.05, 3.63) is 41.3 Å². The van der Waals surface area contributed by atoms with Gasteiger partial charge in [0, 0.05) is 7.05 Å². The molecule has 0 aliphatic rings. The van der Waals surface area contributed by atoms with Gasteiger partial charge in [0.05, 0.1) is 6.33 Å². The summed E-state index contributed by atoms with van der Waals surface area (Å²) in [5.41, 5.74) is -0.774. The number of sulfonamides is 1. The number of benzene rings is 1. The van der Waals surface area contributed by atoms with Crippen molar-refractivity contribution >= 4 is 27.3 Å². The number of nitrogens with one attached hydrogen (secondary N) is 1. The zero-order valence-electron chi connectivity index (χ0n) is 9.56. The lowest BCUT2D eigenvalue weighted by Crippen LogP contribution is -2.16. The zero-order valence-corrected chi connectivity index (χ0v) is 11.1. The fourth-order valence-corrected chi connectivity index (χ4v) is 2.86. The number of aromatic nitrogens is 2. The molecule has 0 saturated carbocycles. The first-order valence-corrected chi connectivity index (χ1v) is 6.82. The molecule has 102 valence electrons. The van der Waals surface area contributed by atoms with Gasteiger partial charge in [0.1, 0.15) is 22.5 Å². The van der Waals surface area contributed by atoms with Gasteiger partial charge < -0.3 is 4.57 Å². The summed E-state index contributed by atoms with van der Waals surface area (Å²) in [6.07, 6.45) is 1.18. The predicted octanol–water partition coefficient (Wildman–Crippen LogP) is 2.15. The Morgan fingerprint density at radius 3 is 2.37 bits per heavy atom. The average molecular weight is 308 g/mol. The molecule has 19 heavy (non-hydrogen) atoms. The topological polar surface area (TPSA) is 64.0 Å². The molecule has 0 atom stereocenters. The second kappa shape index (κ2) is 4.78. The monoisotopic (exact) mass is 307 g/mol. The first kappa shape index (κ1) is 13.8. The van der Waals surface area contributed by atoms with Gasteiger partial charge in [-0.1, -0.05) is 17.7 Å². The van der Waals surface area contributed by atoms with Crippen molar-refractivity contribution in [1.82, 2.24) is 9.55 Å². The number of hydrogen-bond acceptors (Lipinski definition) is 3. The van der Waals surface area contributed by atoms with E-state index in [1.807, 2.05) is 0 Å². The quantitative estimate of drug-likeness (QED) is 0.945. The van der Waals surface area contributed by atoms with Gasteiger partial charge in [0.2, 0.25) is 5.03 Å². The smallest absolute Gasteiger partial charge is 0.282 e. The molecular formula is C10H8ClF2N3O2S. The van der Waals surface area contributed by atoms with Crippen LogP contribution in [-0.2, 0) is 17.1 Å². The average Bonchev–Trinajstić information content (AvgIpc) is 2.66. The van der Waals surface area contributed by atoms with Crippen LogP contribution >= 0.6 is 11.6 Å². The van der Waals surface area contributed by atoms with Crippen LogP contribution in [-0.4, -0.2) is 18.0 Å². The van der Waals surface area contributed by atoms with Crippen LogP contribution in [0, 0.1) is 11.6 Å². The normalized spacial score (nSPS) is 11.6. The molecule has 0 aliphatic heterocycles. The molecule has 2 aromatic rings. The lowest BCUT2D eigenvalue weighted by Gasteiger charge is -2.08. The Balaban J connectivity index is 2.46. The van der Waals surface area contributed by atoms with Crippen molar-refractivity contribution in [3.8, 4) is 0 Å². The van der Waals surface area contributed by atoms with E-state index in [0.717, 1.165) is 18.2 Å². The summed E-state index contributed by atoms with van der Waals surface area (Å²) in [5.74, 6) is -2.06. The number of rotatable bonds is 3. The van der Waals surface area contributed by atoms with Crippen molar-refractivity contribution in [2.45, 2.75) is 5.03 Å². The molecule has 1 heterocycles. The molecule has 0 bridgehead atoms. The molecule has 0 aliphatic carbocycles. The molecule has 0 amide bonds. The van der Waals surface area contributed by atoms with E-state index in [2.05, 4.69) is 4.98 Å². The molecule has 0 fully saturated rings. The van der Waals surface area contributed by atoms with Crippen LogP contribution in [0.4, 0.5) is 14.5 Å². The summed E-state index contributed by atoms with van der Waals surface area (Å²) in [6, 6.07) is 2.98. The van der Waals surface area contributed by atoms with Gasteiger partial charge in [0.15, 0.2) is 0 Å². The van der Waals surface area contributed by atoms with Gasteiger partial charge in [-0.25, -0.2) is 13.8 Å². The Bertz CT molecular complexity index is 710.